The maximum Gasteiger partial charge on any atom is 0.318 e. The molecule has 1 aliphatic rings. The average Bonchev–Trinajstić information content (AvgIpc) is 3.23. The van der Waals surface area contributed by atoms with Crippen molar-refractivity contribution in [3.8, 4) is 0 Å². The largest absolute Gasteiger partial charge is 0.382 e. The summed E-state index contributed by atoms with van der Waals surface area (Å²) >= 11 is 0. The molecule has 2 amide bonds. The standard InChI is InChI=1S/C17H26N6O3/c1-12-19-16(21-26-12)10-13-5-8-23(9-6-13)17(24)20-14(11-25-3)15-4-7-18-22(15)2/h4,7,13-14H,5-6,8-11H2,1-3H3,(H,20,24)/t14-/m1/s1. The van der Waals surface area contributed by atoms with Crippen LogP contribution in [-0.2, 0) is 18.2 Å². The quantitative estimate of drug-likeness (QED) is 0.835. The molecule has 0 bridgehead atoms. The number of nitrogens with zero attached hydrogens (tertiary/aromatic N) is 5. The SMILES string of the molecule is COC[C@@H](NC(=O)N1CCC(Cc2noc(C)n2)CC1)c1ccnn1C. The van der Waals surface area contributed by atoms with Crippen LogP contribution in [0, 0.1) is 12.8 Å². The lowest BCUT2D eigenvalue weighted by Gasteiger charge is -2.32. The molecular formula is C17H26N6O3. The van der Waals surface area contributed by atoms with Crippen LogP contribution in [0.3, 0.4) is 0 Å². The minimum absolute atomic E-state index is 0.0675. The zero-order valence-corrected chi connectivity index (χ0v) is 15.5. The maximum atomic E-state index is 12.6. The number of urea groups is 1. The van der Waals surface area contributed by atoms with Gasteiger partial charge < -0.3 is 19.5 Å². The van der Waals surface area contributed by atoms with Crippen molar-refractivity contribution >= 4 is 6.03 Å². The lowest BCUT2D eigenvalue weighted by molar-refractivity contribution is 0.142. The van der Waals surface area contributed by atoms with Gasteiger partial charge in [-0.25, -0.2) is 4.79 Å². The third-order valence-electron chi connectivity index (χ3n) is 4.79. The van der Waals surface area contributed by atoms with Crippen molar-refractivity contribution in [2.75, 3.05) is 26.8 Å². The highest BCUT2D eigenvalue weighted by Crippen LogP contribution is 2.21. The van der Waals surface area contributed by atoms with E-state index in [0.29, 0.717) is 18.4 Å². The minimum Gasteiger partial charge on any atom is -0.382 e. The summed E-state index contributed by atoms with van der Waals surface area (Å²) in [5.74, 6) is 1.82. The fourth-order valence-electron chi connectivity index (χ4n) is 3.36. The smallest absolute Gasteiger partial charge is 0.318 e. The molecule has 9 heteroatoms. The minimum atomic E-state index is -0.222. The van der Waals surface area contributed by atoms with Crippen LogP contribution in [0.4, 0.5) is 4.79 Å². The van der Waals surface area contributed by atoms with Gasteiger partial charge in [0.15, 0.2) is 5.82 Å². The van der Waals surface area contributed by atoms with Crippen LogP contribution >= 0.6 is 0 Å². The predicted molar refractivity (Wildman–Crippen MR) is 93.4 cm³/mol. The summed E-state index contributed by atoms with van der Waals surface area (Å²) in [6.45, 7) is 3.64. The van der Waals surface area contributed by atoms with Crippen LogP contribution in [0.2, 0.25) is 0 Å². The van der Waals surface area contributed by atoms with Gasteiger partial charge >= 0.3 is 6.03 Å². The third-order valence-corrected chi connectivity index (χ3v) is 4.79. The van der Waals surface area contributed by atoms with E-state index in [-0.39, 0.29) is 12.1 Å². The second-order valence-electron chi connectivity index (χ2n) is 6.70. The van der Waals surface area contributed by atoms with E-state index in [1.54, 1.807) is 24.9 Å². The lowest BCUT2D eigenvalue weighted by Crippen LogP contribution is -2.46. The Morgan fingerprint density at radius 2 is 2.23 bits per heavy atom. The summed E-state index contributed by atoms with van der Waals surface area (Å²) in [6, 6.07) is 1.60. The normalized spacial score (nSPS) is 16.7. The van der Waals surface area contributed by atoms with Gasteiger partial charge in [0.1, 0.15) is 0 Å². The predicted octanol–water partition coefficient (Wildman–Crippen LogP) is 1.46. The number of likely N-dealkylation sites (tertiary alicyclic amines) is 1. The summed E-state index contributed by atoms with van der Waals surface area (Å²) in [5, 5.41) is 11.2. The number of piperidine rings is 1. The lowest BCUT2D eigenvalue weighted by atomic mass is 9.93. The van der Waals surface area contributed by atoms with E-state index in [1.807, 2.05) is 18.0 Å². The van der Waals surface area contributed by atoms with Crippen molar-refractivity contribution in [3.63, 3.8) is 0 Å². The van der Waals surface area contributed by atoms with Crippen LogP contribution in [0.5, 0.6) is 0 Å². The average molecular weight is 362 g/mol. The monoisotopic (exact) mass is 362 g/mol. The Kier molecular flexibility index (Phi) is 5.87. The Hall–Kier alpha value is -2.42. The second-order valence-corrected chi connectivity index (χ2v) is 6.70. The van der Waals surface area contributed by atoms with Gasteiger partial charge in [0.25, 0.3) is 0 Å². The zero-order chi connectivity index (χ0) is 18.5. The summed E-state index contributed by atoms with van der Waals surface area (Å²) in [7, 11) is 3.48. The molecule has 0 radical (unpaired) electrons. The highest BCUT2D eigenvalue weighted by atomic mass is 16.5. The number of ether oxygens (including phenoxy) is 1. The van der Waals surface area contributed by atoms with Gasteiger partial charge in [0.2, 0.25) is 5.89 Å². The number of amides is 2. The van der Waals surface area contributed by atoms with Crippen molar-refractivity contribution in [3.05, 3.63) is 29.7 Å². The molecule has 1 N–H and O–H groups in total. The Morgan fingerprint density at radius 1 is 1.46 bits per heavy atom. The molecule has 0 aromatic carbocycles. The molecule has 26 heavy (non-hydrogen) atoms. The van der Waals surface area contributed by atoms with Crippen molar-refractivity contribution in [2.24, 2.45) is 13.0 Å². The van der Waals surface area contributed by atoms with Gasteiger partial charge in [-0.05, 0) is 24.8 Å². The van der Waals surface area contributed by atoms with E-state index in [0.717, 1.165) is 43.9 Å². The van der Waals surface area contributed by atoms with Crippen molar-refractivity contribution in [1.82, 2.24) is 30.1 Å². The first kappa shape index (κ1) is 18.4. The third kappa shape index (κ3) is 4.40. The molecule has 142 valence electrons. The molecule has 0 unspecified atom stereocenters. The van der Waals surface area contributed by atoms with Gasteiger partial charge in [-0.15, -0.1) is 0 Å². The van der Waals surface area contributed by atoms with Gasteiger partial charge in [-0.1, -0.05) is 5.16 Å². The van der Waals surface area contributed by atoms with Crippen molar-refractivity contribution < 1.29 is 14.1 Å². The number of hydrogen-bond acceptors (Lipinski definition) is 6. The molecule has 1 fully saturated rings. The first-order chi connectivity index (χ1) is 12.6. The van der Waals surface area contributed by atoms with Crippen molar-refractivity contribution in [2.45, 2.75) is 32.2 Å². The number of methoxy groups -OCH3 is 1. The van der Waals surface area contributed by atoms with E-state index < -0.39 is 0 Å². The molecule has 2 aromatic heterocycles. The molecule has 1 aliphatic heterocycles. The number of carbonyl (C=O) groups excluding carboxylic acids is 1. The van der Waals surface area contributed by atoms with Gasteiger partial charge in [-0.2, -0.15) is 10.1 Å². The number of aromatic nitrogens is 4. The molecule has 3 heterocycles. The summed E-state index contributed by atoms with van der Waals surface area (Å²) in [5.41, 5.74) is 0.919. The van der Waals surface area contributed by atoms with E-state index in [1.165, 1.54) is 0 Å². The summed E-state index contributed by atoms with van der Waals surface area (Å²) in [6.07, 6.45) is 4.38. The number of nitrogens with one attached hydrogen (secondary N) is 1. The first-order valence-electron chi connectivity index (χ1n) is 8.88. The van der Waals surface area contributed by atoms with Crippen LogP contribution < -0.4 is 5.32 Å². The number of aryl methyl sites for hydroxylation is 2. The van der Waals surface area contributed by atoms with Crippen LogP contribution in [-0.4, -0.2) is 57.7 Å². The van der Waals surface area contributed by atoms with Gasteiger partial charge in [0.05, 0.1) is 18.3 Å². The number of carbonyl (C=O) groups is 1. The van der Waals surface area contributed by atoms with E-state index >= 15 is 0 Å². The number of hydrogen-bond donors (Lipinski definition) is 1. The fraction of sp³-hybridized carbons (Fsp3) is 0.647. The van der Waals surface area contributed by atoms with Crippen LogP contribution in [0.15, 0.2) is 16.8 Å². The molecule has 1 saturated heterocycles. The molecule has 3 rings (SSSR count). The summed E-state index contributed by atoms with van der Waals surface area (Å²) in [4.78, 5) is 18.8. The fourth-order valence-corrected chi connectivity index (χ4v) is 3.36. The van der Waals surface area contributed by atoms with E-state index in [4.69, 9.17) is 9.26 Å². The topological polar surface area (TPSA) is 98.3 Å². The van der Waals surface area contributed by atoms with Crippen molar-refractivity contribution in [1.29, 1.82) is 0 Å². The molecular weight excluding hydrogens is 336 g/mol. The Bertz CT molecular complexity index is 720. The Labute approximate surface area is 152 Å². The molecule has 0 aliphatic carbocycles. The Morgan fingerprint density at radius 3 is 2.81 bits per heavy atom. The molecule has 2 aromatic rings. The van der Waals surface area contributed by atoms with Crippen LogP contribution in [0.25, 0.3) is 0 Å². The summed E-state index contributed by atoms with van der Waals surface area (Å²) < 4.78 is 12.0. The van der Waals surface area contributed by atoms with E-state index in [9.17, 15) is 4.79 Å². The highest BCUT2D eigenvalue weighted by molar-refractivity contribution is 5.74. The van der Waals surface area contributed by atoms with Crippen LogP contribution in [0.1, 0.15) is 36.3 Å². The van der Waals surface area contributed by atoms with Gasteiger partial charge in [0, 0.05) is 46.8 Å². The number of rotatable bonds is 6. The first-order valence-corrected chi connectivity index (χ1v) is 8.88. The second kappa shape index (κ2) is 8.31. The molecule has 0 saturated carbocycles. The zero-order valence-electron chi connectivity index (χ0n) is 15.5. The highest BCUT2D eigenvalue weighted by Gasteiger charge is 2.26. The molecule has 0 spiro atoms. The van der Waals surface area contributed by atoms with E-state index in [2.05, 4.69) is 20.6 Å². The Balaban J connectivity index is 1.51. The molecule has 9 nitrogen and oxygen atoms in total. The van der Waals surface area contributed by atoms with Gasteiger partial charge in [-0.3, -0.25) is 4.68 Å². The maximum absolute atomic E-state index is 12.6. The molecule has 1 atom stereocenters.